The lowest BCUT2D eigenvalue weighted by Gasteiger charge is -2.24. The quantitative estimate of drug-likeness (QED) is 0.661. The molecule has 2 amide bonds. The van der Waals surface area contributed by atoms with Gasteiger partial charge in [0.1, 0.15) is 0 Å². The average Bonchev–Trinajstić information content (AvgIpc) is 2.69. The number of hydrogen-bond donors (Lipinski definition) is 1. The minimum atomic E-state index is -0.0307. The molecule has 1 saturated heterocycles. The van der Waals surface area contributed by atoms with Crippen molar-refractivity contribution in [2.24, 2.45) is 0 Å². The van der Waals surface area contributed by atoms with Gasteiger partial charge < -0.3 is 10.2 Å². The Balaban J connectivity index is 1.66. The van der Waals surface area contributed by atoms with Crippen molar-refractivity contribution in [1.82, 2.24) is 4.90 Å². The van der Waals surface area contributed by atoms with Gasteiger partial charge in [-0.05, 0) is 47.6 Å². The number of carbonyl (C=O) groups is 1. The van der Waals surface area contributed by atoms with Crippen LogP contribution in [0.5, 0.6) is 0 Å². The van der Waals surface area contributed by atoms with Gasteiger partial charge in [0.05, 0.1) is 4.58 Å². The first kappa shape index (κ1) is 19.2. The van der Waals surface area contributed by atoms with Gasteiger partial charge in [-0.2, -0.15) is 0 Å². The fraction of sp³-hybridized carbons (Fsp3) is 0.381. The van der Waals surface area contributed by atoms with E-state index < -0.39 is 0 Å². The molecule has 138 valence electrons. The molecule has 1 fully saturated rings. The molecule has 0 aliphatic carbocycles. The van der Waals surface area contributed by atoms with Crippen molar-refractivity contribution in [3.05, 3.63) is 65.7 Å². The van der Waals surface area contributed by atoms with Gasteiger partial charge in [-0.15, -0.1) is 23.5 Å². The Labute approximate surface area is 164 Å². The van der Waals surface area contributed by atoms with Crippen LogP contribution in [0.15, 0.2) is 54.6 Å². The van der Waals surface area contributed by atoms with Crippen LogP contribution in [0.4, 0.5) is 10.5 Å². The number of urea groups is 1. The largest absolute Gasteiger partial charge is 0.322 e. The number of thioether (sulfide) groups is 2. The van der Waals surface area contributed by atoms with Crippen LogP contribution in [0.1, 0.15) is 35.5 Å². The van der Waals surface area contributed by atoms with Crippen molar-refractivity contribution >= 4 is 35.2 Å². The Morgan fingerprint density at radius 2 is 1.88 bits per heavy atom. The molecule has 26 heavy (non-hydrogen) atoms. The molecule has 5 heteroatoms. The zero-order chi connectivity index (χ0) is 18.2. The van der Waals surface area contributed by atoms with E-state index in [-0.39, 0.29) is 6.03 Å². The number of carbonyl (C=O) groups excluding carboxylic acids is 1. The molecule has 1 N–H and O–H groups in total. The van der Waals surface area contributed by atoms with E-state index in [1.54, 1.807) is 0 Å². The molecular formula is C21H26N2OS2. The first-order valence-corrected chi connectivity index (χ1v) is 11.3. The van der Waals surface area contributed by atoms with Gasteiger partial charge in [0, 0.05) is 18.8 Å². The molecule has 0 bridgehead atoms. The van der Waals surface area contributed by atoms with Crippen LogP contribution in [0, 0.1) is 0 Å². The fourth-order valence-corrected chi connectivity index (χ4v) is 5.85. The number of nitrogens with zero attached hydrogens (tertiary/aromatic N) is 1. The van der Waals surface area contributed by atoms with Crippen LogP contribution in [0.2, 0.25) is 0 Å². The zero-order valence-corrected chi connectivity index (χ0v) is 16.8. The zero-order valence-electron chi connectivity index (χ0n) is 15.2. The Kier molecular flexibility index (Phi) is 7.32. The first-order valence-electron chi connectivity index (χ1n) is 9.19. The highest BCUT2D eigenvalue weighted by Gasteiger charge is 2.18. The number of rotatable bonds is 6. The number of benzene rings is 2. The van der Waals surface area contributed by atoms with Gasteiger partial charge in [-0.1, -0.05) is 49.4 Å². The summed E-state index contributed by atoms with van der Waals surface area (Å²) in [6, 6.07) is 18.4. The molecule has 3 rings (SSSR count). The minimum absolute atomic E-state index is 0.0307. The SMILES string of the molecule is CCCN(Cc1ccccc1)C(=O)Nc1cccc(C2SCCCS2)c1. The van der Waals surface area contributed by atoms with E-state index in [0.717, 1.165) is 24.2 Å². The molecular weight excluding hydrogens is 360 g/mol. The highest BCUT2D eigenvalue weighted by atomic mass is 32.2. The number of hydrogen-bond acceptors (Lipinski definition) is 3. The molecule has 0 aromatic heterocycles. The summed E-state index contributed by atoms with van der Waals surface area (Å²) < 4.78 is 0.483. The van der Waals surface area contributed by atoms with Crippen LogP contribution in [0.25, 0.3) is 0 Å². The normalized spacial score (nSPS) is 14.8. The van der Waals surface area contributed by atoms with E-state index in [9.17, 15) is 4.79 Å². The average molecular weight is 387 g/mol. The third-order valence-electron chi connectivity index (χ3n) is 4.23. The van der Waals surface area contributed by atoms with Crippen molar-refractivity contribution in [3.8, 4) is 0 Å². The molecule has 2 aromatic rings. The second-order valence-electron chi connectivity index (χ2n) is 6.39. The van der Waals surface area contributed by atoms with E-state index in [0.29, 0.717) is 11.1 Å². The summed E-state index contributed by atoms with van der Waals surface area (Å²) >= 11 is 4.00. The molecule has 1 aliphatic heterocycles. The molecule has 0 radical (unpaired) electrons. The molecule has 1 heterocycles. The lowest BCUT2D eigenvalue weighted by molar-refractivity contribution is 0.209. The predicted molar refractivity (Wildman–Crippen MR) is 115 cm³/mol. The molecule has 3 nitrogen and oxygen atoms in total. The van der Waals surface area contributed by atoms with E-state index in [1.165, 1.54) is 23.5 Å². The number of anilines is 1. The van der Waals surface area contributed by atoms with E-state index in [2.05, 4.69) is 36.5 Å². The predicted octanol–water partition coefficient (Wildman–Crippen LogP) is 6.00. The third-order valence-corrected chi connectivity index (χ3v) is 7.25. The van der Waals surface area contributed by atoms with Gasteiger partial charge in [0.25, 0.3) is 0 Å². The Hall–Kier alpha value is -1.59. The van der Waals surface area contributed by atoms with E-state index >= 15 is 0 Å². The Bertz CT molecular complexity index is 702. The molecule has 0 atom stereocenters. The van der Waals surface area contributed by atoms with E-state index in [4.69, 9.17) is 0 Å². The Morgan fingerprint density at radius 3 is 2.62 bits per heavy atom. The molecule has 1 aliphatic rings. The lowest BCUT2D eigenvalue weighted by Crippen LogP contribution is -2.35. The van der Waals surface area contributed by atoms with Crippen LogP contribution in [-0.2, 0) is 6.54 Å². The van der Waals surface area contributed by atoms with Gasteiger partial charge in [-0.3, -0.25) is 0 Å². The summed E-state index contributed by atoms with van der Waals surface area (Å²) in [6.45, 7) is 3.48. The molecule has 0 spiro atoms. The van der Waals surface area contributed by atoms with Crippen molar-refractivity contribution in [2.45, 2.75) is 30.9 Å². The Morgan fingerprint density at radius 1 is 1.12 bits per heavy atom. The summed E-state index contributed by atoms with van der Waals surface area (Å²) in [6.07, 6.45) is 2.23. The highest BCUT2D eigenvalue weighted by Crippen LogP contribution is 2.44. The standard InChI is InChI=1S/C21H26N2OS2/c1-2-12-23(16-17-8-4-3-5-9-17)21(24)22-19-11-6-10-18(15-19)20-25-13-7-14-26-20/h3-6,8-11,15,20H,2,7,12-14,16H2,1H3,(H,22,24). The van der Waals surface area contributed by atoms with Gasteiger partial charge >= 0.3 is 6.03 Å². The summed E-state index contributed by atoms with van der Waals surface area (Å²) in [5, 5.41) is 3.10. The van der Waals surface area contributed by atoms with Crippen LogP contribution in [0.3, 0.4) is 0 Å². The minimum Gasteiger partial charge on any atom is -0.320 e. The lowest BCUT2D eigenvalue weighted by atomic mass is 10.2. The maximum Gasteiger partial charge on any atom is 0.322 e. The van der Waals surface area contributed by atoms with E-state index in [1.807, 2.05) is 58.8 Å². The van der Waals surface area contributed by atoms with Crippen molar-refractivity contribution in [1.29, 1.82) is 0 Å². The second-order valence-corrected chi connectivity index (χ2v) is 9.11. The van der Waals surface area contributed by atoms with Crippen molar-refractivity contribution < 1.29 is 4.79 Å². The second kappa shape index (κ2) is 9.93. The summed E-state index contributed by atoms with van der Waals surface area (Å²) in [5.41, 5.74) is 3.33. The topological polar surface area (TPSA) is 32.3 Å². The van der Waals surface area contributed by atoms with Crippen LogP contribution in [-0.4, -0.2) is 29.0 Å². The fourth-order valence-electron chi connectivity index (χ4n) is 2.97. The third kappa shape index (κ3) is 5.45. The van der Waals surface area contributed by atoms with Crippen molar-refractivity contribution in [2.75, 3.05) is 23.4 Å². The maximum absolute atomic E-state index is 12.8. The van der Waals surface area contributed by atoms with Gasteiger partial charge in [0.2, 0.25) is 0 Å². The van der Waals surface area contributed by atoms with Gasteiger partial charge in [-0.25, -0.2) is 4.79 Å². The van der Waals surface area contributed by atoms with Crippen molar-refractivity contribution in [3.63, 3.8) is 0 Å². The van der Waals surface area contributed by atoms with Gasteiger partial charge in [0.15, 0.2) is 0 Å². The summed E-state index contributed by atoms with van der Waals surface area (Å²) in [7, 11) is 0. The first-order chi connectivity index (χ1) is 12.8. The van der Waals surface area contributed by atoms with Crippen LogP contribution >= 0.6 is 23.5 Å². The summed E-state index contributed by atoms with van der Waals surface area (Å²) in [4.78, 5) is 14.7. The summed E-state index contributed by atoms with van der Waals surface area (Å²) in [5.74, 6) is 2.44. The highest BCUT2D eigenvalue weighted by molar-refractivity contribution is 8.16. The van der Waals surface area contributed by atoms with Crippen LogP contribution < -0.4 is 5.32 Å². The molecule has 2 aromatic carbocycles. The molecule has 0 unspecified atom stereocenters. The monoisotopic (exact) mass is 386 g/mol. The molecule has 0 saturated carbocycles. The number of nitrogens with one attached hydrogen (secondary N) is 1. The smallest absolute Gasteiger partial charge is 0.320 e. The maximum atomic E-state index is 12.8. The number of amides is 2.